The Balaban J connectivity index is 2.10. The number of carbonyl (C=O) groups excluding carboxylic acids is 1. The van der Waals surface area contributed by atoms with E-state index in [2.05, 4.69) is 10.8 Å². The van der Waals surface area contributed by atoms with E-state index in [1.54, 1.807) is 0 Å². The van der Waals surface area contributed by atoms with Crippen molar-refractivity contribution < 1.29 is 14.6 Å². The Morgan fingerprint density at radius 3 is 3.00 bits per heavy atom. The van der Waals surface area contributed by atoms with Crippen molar-refractivity contribution in [1.82, 2.24) is 4.90 Å². The number of aliphatic hydroxyl groups is 1. The first-order chi connectivity index (χ1) is 8.94. The molecule has 1 heterocycles. The Labute approximate surface area is 113 Å². The molecular formula is C14H20N2O3. The van der Waals surface area contributed by atoms with Gasteiger partial charge in [0.15, 0.2) is 5.60 Å². The van der Waals surface area contributed by atoms with E-state index < -0.39 is 11.6 Å². The molecule has 2 rings (SSSR count). The van der Waals surface area contributed by atoms with Crippen LogP contribution < -0.4 is 5.73 Å². The molecule has 104 valence electrons. The topological polar surface area (TPSA) is 75.8 Å². The first-order valence-electron chi connectivity index (χ1n) is 6.33. The van der Waals surface area contributed by atoms with Gasteiger partial charge in [0.1, 0.15) is 0 Å². The minimum absolute atomic E-state index is 0.243. The van der Waals surface area contributed by atoms with Gasteiger partial charge in [-0.1, -0.05) is 12.1 Å². The molecule has 1 unspecified atom stereocenters. The van der Waals surface area contributed by atoms with Crippen LogP contribution in [0.25, 0.3) is 0 Å². The lowest BCUT2D eigenvalue weighted by Gasteiger charge is -2.33. The molecule has 1 aromatic carbocycles. The highest BCUT2D eigenvalue weighted by atomic mass is 16.5. The quantitative estimate of drug-likeness (QED) is 0.616. The normalized spacial score (nSPS) is 18.5. The van der Waals surface area contributed by atoms with Crippen LogP contribution in [0.4, 0.5) is 5.69 Å². The Hall–Kier alpha value is -1.59. The summed E-state index contributed by atoms with van der Waals surface area (Å²) < 4.78 is 4.61. The lowest BCUT2D eigenvalue weighted by molar-refractivity contribution is -0.162. The van der Waals surface area contributed by atoms with Crippen LogP contribution in [0.2, 0.25) is 0 Å². The monoisotopic (exact) mass is 264 g/mol. The van der Waals surface area contributed by atoms with Gasteiger partial charge in [-0.3, -0.25) is 4.90 Å². The number of nitrogen functional groups attached to an aromatic ring is 1. The highest BCUT2D eigenvalue weighted by molar-refractivity contribution is 5.78. The first kappa shape index (κ1) is 13.8. The van der Waals surface area contributed by atoms with E-state index in [1.807, 2.05) is 17.0 Å². The van der Waals surface area contributed by atoms with Gasteiger partial charge in [0, 0.05) is 25.3 Å². The number of β-amino-alcohol motifs (C(OH)–C–C–N with tert-alkyl or cyclic N) is 1. The highest BCUT2D eigenvalue weighted by Crippen LogP contribution is 2.25. The van der Waals surface area contributed by atoms with Gasteiger partial charge in [0.05, 0.1) is 7.11 Å². The van der Waals surface area contributed by atoms with Gasteiger partial charge in [-0.05, 0) is 30.5 Å². The number of esters is 1. The summed E-state index contributed by atoms with van der Waals surface area (Å²) in [4.78, 5) is 13.5. The fourth-order valence-corrected chi connectivity index (χ4v) is 2.52. The largest absolute Gasteiger partial charge is 0.467 e. The molecule has 1 aromatic rings. The number of benzene rings is 1. The van der Waals surface area contributed by atoms with Crippen molar-refractivity contribution in [2.45, 2.75) is 25.5 Å². The lowest BCUT2D eigenvalue weighted by Crippen LogP contribution is -2.48. The van der Waals surface area contributed by atoms with Crippen LogP contribution in [-0.2, 0) is 22.5 Å². The summed E-state index contributed by atoms with van der Waals surface area (Å²) in [5.41, 5.74) is 7.58. The Morgan fingerprint density at radius 2 is 2.32 bits per heavy atom. The standard InChI is InChI=1S/C14H20N2O3/c1-14(18,13(17)19-2)9-16-7-6-10-4-3-5-12(15)11(10)8-16/h3-5,18H,6-9,15H2,1-2H3. The summed E-state index contributed by atoms with van der Waals surface area (Å²) in [6, 6.07) is 5.90. The molecule has 0 amide bonds. The number of carbonyl (C=O) groups is 1. The van der Waals surface area contributed by atoms with Gasteiger partial charge >= 0.3 is 5.97 Å². The van der Waals surface area contributed by atoms with Crippen LogP contribution in [0, 0.1) is 0 Å². The summed E-state index contributed by atoms with van der Waals surface area (Å²) in [5.74, 6) is -0.612. The van der Waals surface area contributed by atoms with Crippen molar-refractivity contribution >= 4 is 11.7 Å². The van der Waals surface area contributed by atoms with Crippen molar-refractivity contribution in [3.8, 4) is 0 Å². The molecule has 0 bridgehead atoms. The average Bonchev–Trinajstić information content (AvgIpc) is 2.38. The first-order valence-corrected chi connectivity index (χ1v) is 6.33. The molecule has 1 atom stereocenters. The average molecular weight is 264 g/mol. The van der Waals surface area contributed by atoms with Crippen molar-refractivity contribution in [2.75, 3.05) is 25.9 Å². The molecular weight excluding hydrogens is 244 g/mol. The Morgan fingerprint density at radius 1 is 1.58 bits per heavy atom. The number of hydrogen-bond acceptors (Lipinski definition) is 5. The van der Waals surface area contributed by atoms with Gasteiger partial charge in [0.25, 0.3) is 0 Å². The van der Waals surface area contributed by atoms with E-state index in [9.17, 15) is 9.90 Å². The number of nitrogens with two attached hydrogens (primary N) is 1. The number of hydrogen-bond donors (Lipinski definition) is 2. The van der Waals surface area contributed by atoms with Crippen molar-refractivity contribution in [3.63, 3.8) is 0 Å². The third kappa shape index (κ3) is 2.88. The van der Waals surface area contributed by atoms with Gasteiger partial charge < -0.3 is 15.6 Å². The number of methoxy groups -OCH3 is 1. The van der Waals surface area contributed by atoms with E-state index in [0.29, 0.717) is 6.54 Å². The van der Waals surface area contributed by atoms with E-state index >= 15 is 0 Å². The molecule has 1 aliphatic heterocycles. The molecule has 0 fully saturated rings. The Bertz CT molecular complexity index is 486. The zero-order chi connectivity index (χ0) is 14.0. The molecule has 0 saturated heterocycles. The second-order valence-corrected chi connectivity index (χ2v) is 5.21. The van der Waals surface area contributed by atoms with Crippen molar-refractivity contribution in [2.24, 2.45) is 0 Å². The lowest BCUT2D eigenvalue weighted by atomic mass is 9.96. The van der Waals surface area contributed by atoms with Gasteiger partial charge in [0.2, 0.25) is 0 Å². The molecule has 0 radical (unpaired) electrons. The van der Waals surface area contributed by atoms with Crippen LogP contribution >= 0.6 is 0 Å². The third-order valence-electron chi connectivity index (χ3n) is 3.54. The molecule has 19 heavy (non-hydrogen) atoms. The summed E-state index contributed by atoms with van der Waals surface area (Å²) in [7, 11) is 1.28. The molecule has 5 nitrogen and oxygen atoms in total. The highest BCUT2D eigenvalue weighted by Gasteiger charge is 2.34. The minimum atomic E-state index is -1.49. The zero-order valence-corrected chi connectivity index (χ0v) is 11.3. The molecule has 0 saturated carbocycles. The molecule has 5 heteroatoms. The fraction of sp³-hybridized carbons (Fsp3) is 0.500. The number of rotatable bonds is 3. The zero-order valence-electron chi connectivity index (χ0n) is 11.3. The smallest absolute Gasteiger partial charge is 0.338 e. The Kier molecular flexibility index (Phi) is 3.78. The minimum Gasteiger partial charge on any atom is -0.467 e. The van der Waals surface area contributed by atoms with Crippen LogP contribution in [0.3, 0.4) is 0 Å². The molecule has 3 N–H and O–H groups in total. The summed E-state index contributed by atoms with van der Waals surface area (Å²) in [6.07, 6.45) is 0.873. The van der Waals surface area contributed by atoms with Crippen molar-refractivity contribution in [1.29, 1.82) is 0 Å². The summed E-state index contributed by atoms with van der Waals surface area (Å²) >= 11 is 0. The van der Waals surface area contributed by atoms with Crippen LogP contribution in [0.15, 0.2) is 18.2 Å². The second-order valence-electron chi connectivity index (χ2n) is 5.21. The maximum absolute atomic E-state index is 11.5. The summed E-state index contributed by atoms with van der Waals surface area (Å²) in [6.45, 7) is 3.16. The summed E-state index contributed by atoms with van der Waals surface area (Å²) in [5, 5.41) is 10.1. The van der Waals surface area contributed by atoms with Crippen LogP contribution in [0.5, 0.6) is 0 Å². The SMILES string of the molecule is COC(=O)C(C)(O)CN1CCc2cccc(N)c2C1. The van der Waals surface area contributed by atoms with Crippen LogP contribution in [0.1, 0.15) is 18.1 Å². The van der Waals surface area contributed by atoms with Gasteiger partial charge in [-0.2, -0.15) is 0 Å². The maximum atomic E-state index is 11.5. The number of ether oxygens (including phenoxy) is 1. The van der Waals surface area contributed by atoms with E-state index in [1.165, 1.54) is 19.6 Å². The molecule has 1 aliphatic rings. The van der Waals surface area contributed by atoms with E-state index in [-0.39, 0.29) is 6.54 Å². The van der Waals surface area contributed by atoms with Gasteiger partial charge in [-0.25, -0.2) is 4.79 Å². The third-order valence-corrected chi connectivity index (χ3v) is 3.54. The molecule has 0 spiro atoms. The predicted octanol–water partition coefficient (Wildman–Crippen LogP) is 0.551. The van der Waals surface area contributed by atoms with E-state index in [4.69, 9.17) is 5.73 Å². The van der Waals surface area contributed by atoms with Gasteiger partial charge in [-0.15, -0.1) is 0 Å². The predicted molar refractivity (Wildman–Crippen MR) is 72.5 cm³/mol. The fourth-order valence-electron chi connectivity index (χ4n) is 2.52. The number of nitrogens with zero attached hydrogens (tertiary/aromatic N) is 1. The molecule has 0 aliphatic carbocycles. The number of anilines is 1. The van der Waals surface area contributed by atoms with E-state index in [0.717, 1.165) is 24.2 Å². The second kappa shape index (κ2) is 5.19. The van der Waals surface area contributed by atoms with Crippen LogP contribution in [-0.4, -0.2) is 41.8 Å². The maximum Gasteiger partial charge on any atom is 0.338 e. The number of fused-ring (bicyclic) bond motifs is 1. The molecule has 0 aromatic heterocycles. The van der Waals surface area contributed by atoms with Crippen molar-refractivity contribution in [3.05, 3.63) is 29.3 Å².